The average Bonchev–Trinajstić information content (AvgIpc) is 2.29. The van der Waals surface area contributed by atoms with E-state index in [4.69, 9.17) is 5.73 Å². The number of amides is 1. The summed E-state index contributed by atoms with van der Waals surface area (Å²) in [5.41, 5.74) is 7.38. The van der Waals surface area contributed by atoms with E-state index in [2.05, 4.69) is 10.3 Å². The SMILES string of the molecule is CCC(N)CC(=O)Nc1cnccc1N(C)C. The fourth-order valence-corrected chi connectivity index (χ4v) is 1.46. The van der Waals surface area contributed by atoms with Gasteiger partial charge in [0.05, 0.1) is 17.6 Å². The predicted octanol–water partition coefficient (Wildman–Crippen LogP) is 1.21. The van der Waals surface area contributed by atoms with Crippen molar-refractivity contribution in [3.05, 3.63) is 18.5 Å². The summed E-state index contributed by atoms with van der Waals surface area (Å²) in [4.78, 5) is 17.7. The molecule has 0 saturated heterocycles. The first kappa shape index (κ1) is 13.4. The maximum absolute atomic E-state index is 11.7. The van der Waals surface area contributed by atoms with E-state index >= 15 is 0 Å². The molecule has 0 aromatic carbocycles. The van der Waals surface area contributed by atoms with Gasteiger partial charge >= 0.3 is 0 Å². The van der Waals surface area contributed by atoms with E-state index in [9.17, 15) is 4.79 Å². The number of carbonyl (C=O) groups is 1. The second kappa shape index (κ2) is 6.20. The van der Waals surface area contributed by atoms with Crippen LogP contribution in [-0.4, -0.2) is 31.0 Å². The predicted molar refractivity (Wildman–Crippen MR) is 70.1 cm³/mol. The zero-order valence-corrected chi connectivity index (χ0v) is 10.6. The van der Waals surface area contributed by atoms with Crippen molar-refractivity contribution in [3.63, 3.8) is 0 Å². The van der Waals surface area contributed by atoms with Crippen LogP contribution in [-0.2, 0) is 4.79 Å². The number of pyridine rings is 1. The zero-order valence-electron chi connectivity index (χ0n) is 10.6. The second-order valence-corrected chi connectivity index (χ2v) is 4.21. The van der Waals surface area contributed by atoms with Crippen molar-refractivity contribution in [2.24, 2.45) is 5.73 Å². The highest BCUT2D eigenvalue weighted by molar-refractivity contribution is 5.94. The molecule has 1 amide bonds. The minimum Gasteiger partial charge on any atom is -0.376 e. The van der Waals surface area contributed by atoms with Crippen molar-refractivity contribution in [2.75, 3.05) is 24.3 Å². The van der Waals surface area contributed by atoms with Gasteiger partial charge in [-0.25, -0.2) is 0 Å². The summed E-state index contributed by atoms with van der Waals surface area (Å²) in [5, 5.41) is 2.83. The zero-order chi connectivity index (χ0) is 12.8. The van der Waals surface area contributed by atoms with Gasteiger partial charge in [-0.05, 0) is 12.5 Å². The minimum absolute atomic E-state index is 0.0737. The van der Waals surface area contributed by atoms with Gasteiger partial charge in [0.15, 0.2) is 0 Å². The third kappa shape index (κ3) is 4.03. The Morgan fingerprint density at radius 2 is 2.29 bits per heavy atom. The molecule has 0 aliphatic heterocycles. The Morgan fingerprint density at radius 1 is 1.59 bits per heavy atom. The lowest BCUT2D eigenvalue weighted by Gasteiger charge is -2.17. The third-order valence-corrected chi connectivity index (χ3v) is 2.53. The van der Waals surface area contributed by atoms with Gasteiger partial charge < -0.3 is 16.0 Å². The van der Waals surface area contributed by atoms with Crippen LogP contribution in [0.1, 0.15) is 19.8 Å². The monoisotopic (exact) mass is 236 g/mol. The molecule has 0 aliphatic carbocycles. The first-order chi connectivity index (χ1) is 8.04. The highest BCUT2D eigenvalue weighted by Gasteiger charge is 2.11. The quantitative estimate of drug-likeness (QED) is 0.806. The maximum atomic E-state index is 11.7. The number of carbonyl (C=O) groups excluding carboxylic acids is 1. The van der Waals surface area contributed by atoms with Crippen LogP contribution in [0.3, 0.4) is 0 Å². The Labute approximate surface area is 102 Å². The molecule has 0 spiro atoms. The molecule has 1 aromatic heterocycles. The fourth-order valence-electron chi connectivity index (χ4n) is 1.46. The van der Waals surface area contributed by atoms with Crippen LogP contribution in [0.25, 0.3) is 0 Å². The van der Waals surface area contributed by atoms with Crippen molar-refractivity contribution in [2.45, 2.75) is 25.8 Å². The van der Waals surface area contributed by atoms with E-state index in [1.54, 1.807) is 12.4 Å². The molecule has 17 heavy (non-hydrogen) atoms. The summed E-state index contributed by atoms with van der Waals surface area (Å²) in [6.07, 6.45) is 4.47. The van der Waals surface area contributed by atoms with Gasteiger partial charge in [0, 0.05) is 32.8 Å². The number of hydrogen-bond donors (Lipinski definition) is 2. The van der Waals surface area contributed by atoms with E-state index in [1.807, 2.05) is 32.0 Å². The normalized spacial score (nSPS) is 12.0. The highest BCUT2D eigenvalue weighted by atomic mass is 16.1. The molecule has 1 heterocycles. The number of anilines is 2. The first-order valence-corrected chi connectivity index (χ1v) is 5.71. The van der Waals surface area contributed by atoms with Gasteiger partial charge in [0.1, 0.15) is 0 Å². The van der Waals surface area contributed by atoms with Gasteiger partial charge in [0.2, 0.25) is 5.91 Å². The Kier molecular flexibility index (Phi) is 4.90. The number of hydrogen-bond acceptors (Lipinski definition) is 4. The van der Waals surface area contributed by atoms with Gasteiger partial charge in [0.25, 0.3) is 0 Å². The molecule has 1 rings (SSSR count). The Balaban J connectivity index is 2.71. The second-order valence-electron chi connectivity index (χ2n) is 4.21. The van der Waals surface area contributed by atoms with Crippen LogP contribution in [0.2, 0.25) is 0 Å². The van der Waals surface area contributed by atoms with E-state index in [0.717, 1.165) is 12.1 Å². The lowest BCUT2D eigenvalue weighted by molar-refractivity contribution is -0.116. The van der Waals surface area contributed by atoms with Gasteiger partial charge in [-0.15, -0.1) is 0 Å². The topological polar surface area (TPSA) is 71.2 Å². The summed E-state index contributed by atoms with van der Waals surface area (Å²) in [7, 11) is 3.84. The lowest BCUT2D eigenvalue weighted by atomic mass is 10.1. The van der Waals surface area contributed by atoms with E-state index < -0.39 is 0 Å². The van der Waals surface area contributed by atoms with Crippen molar-refractivity contribution >= 4 is 17.3 Å². The highest BCUT2D eigenvalue weighted by Crippen LogP contribution is 2.22. The number of nitrogens with one attached hydrogen (secondary N) is 1. The van der Waals surface area contributed by atoms with E-state index in [0.29, 0.717) is 12.1 Å². The summed E-state index contributed by atoms with van der Waals surface area (Å²) < 4.78 is 0. The van der Waals surface area contributed by atoms with Crippen LogP contribution >= 0.6 is 0 Å². The molecule has 0 aliphatic rings. The first-order valence-electron chi connectivity index (χ1n) is 5.71. The molecule has 3 N–H and O–H groups in total. The summed E-state index contributed by atoms with van der Waals surface area (Å²) in [6.45, 7) is 1.97. The summed E-state index contributed by atoms with van der Waals surface area (Å²) >= 11 is 0. The lowest BCUT2D eigenvalue weighted by Crippen LogP contribution is -2.26. The number of nitrogens with two attached hydrogens (primary N) is 1. The van der Waals surface area contributed by atoms with E-state index in [1.165, 1.54) is 0 Å². The summed E-state index contributed by atoms with van der Waals surface area (Å²) in [6, 6.07) is 1.77. The van der Waals surface area contributed by atoms with Crippen molar-refractivity contribution < 1.29 is 4.79 Å². The number of aromatic nitrogens is 1. The van der Waals surface area contributed by atoms with Crippen LogP contribution in [0.4, 0.5) is 11.4 Å². The smallest absolute Gasteiger partial charge is 0.226 e. The Bertz CT molecular complexity index is 379. The fraction of sp³-hybridized carbons (Fsp3) is 0.500. The molecule has 5 heteroatoms. The Morgan fingerprint density at radius 3 is 2.88 bits per heavy atom. The Hall–Kier alpha value is -1.62. The molecule has 0 radical (unpaired) electrons. The van der Waals surface area contributed by atoms with Gasteiger partial charge in [-0.1, -0.05) is 6.92 Å². The van der Waals surface area contributed by atoms with Gasteiger partial charge in [-0.3, -0.25) is 9.78 Å². The van der Waals surface area contributed by atoms with Crippen molar-refractivity contribution in [1.29, 1.82) is 0 Å². The molecule has 94 valence electrons. The molecule has 1 atom stereocenters. The minimum atomic E-state index is -0.0884. The largest absolute Gasteiger partial charge is 0.376 e. The molecule has 0 saturated carbocycles. The number of rotatable bonds is 5. The van der Waals surface area contributed by atoms with E-state index in [-0.39, 0.29) is 11.9 Å². The van der Waals surface area contributed by atoms with Crippen molar-refractivity contribution in [3.8, 4) is 0 Å². The van der Waals surface area contributed by atoms with Crippen LogP contribution < -0.4 is 16.0 Å². The van der Waals surface area contributed by atoms with Crippen LogP contribution in [0, 0.1) is 0 Å². The standard InChI is InChI=1S/C12H20N4O/c1-4-9(13)7-12(17)15-10-8-14-6-5-11(10)16(2)3/h5-6,8-9H,4,7,13H2,1-3H3,(H,15,17). The summed E-state index contributed by atoms with van der Waals surface area (Å²) in [5.74, 6) is -0.0737. The average molecular weight is 236 g/mol. The molecular weight excluding hydrogens is 216 g/mol. The molecule has 1 unspecified atom stereocenters. The third-order valence-electron chi connectivity index (χ3n) is 2.53. The van der Waals surface area contributed by atoms with Crippen molar-refractivity contribution in [1.82, 2.24) is 4.98 Å². The molecule has 1 aromatic rings. The molecule has 0 bridgehead atoms. The van der Waals surface area contributed by atoms with Gasteiger partial charge in [-0.2, -0.15) is 0 Å². The van der Waals surface area contributed by atoms with Crippen LogP contribution in [0.5, 0.6) is 0 Å². The molecule has 0 fully saturated rings. The van der Waals surface area contributed by atoms with Crippen LogP contribution in [0.15, 0.2) is 18.5 Å². The maximum Gasteiger partial charge on any atom is 0.226 e. The molecule has 5 nitrogen and oxygen atoms in total. The number of nitrogens with zero attached hydrogens (tertiary/aromatic N) is 2. The molecular formula is C12H20N4O.